The van der Waals surface area contributed by atoms with Gasteiger partial charge in [0.2, 0.25) is 10.0 Å². The standard InChI is InChI=1S/C20H26N4O6S/c1-12-7-9-20(10-8-12)18(26)24(19(27)21-20)22-17(25)13-3-6-15(30-2)16(11-13)31(28,29)23-14-4-5-14/h3,6,11-12,14,23H,4-5,7-10H2,1-2H3,(H,21,27)(H,22,25). The summed E-state index contributed by atoms with van der Waals surface area (Å²) >= 11 is 0. The summed E-state index contributed by atoms with van der Waals surface area (Å²) in [5, 5.41) is 3.42. The Morgan fingerprint density at radius 2 is 1.87 bits per heavy atom. The normalized spacial score (nSPS) is 26.1. The molecular weight excluding hydrogens is 424 g/mol. The van der Waals surface area contributed by atoms with Gasteiger partial charge in [-0.15, -0.1) is 0 Å². The van der Waals surface area contributed by atoms with Crippen molar-refractivity contribution >= 4 is 27.9 Å². The fourth-order valence-electron chi connectivity index (χ4n) is 3.99. The Bertz CT molecular complexity index is 1030. The third kappa shape index (κ3) is 4.11. The number of sulfonamides is 1. The van der Waals surface area contributed by atoms with Gasteiger partial charge in [0.25, 0.3) is 11.8 Å². The molecule has 0 radical (unpaired) electrons. The number of imide groups is 1. The number of hydrogen-bond donors (Lipinski definition) is 3. The van der Waals surface area contributed by atoms with Crippen LogP contribution in [-0.2, 0) is 14.8 Å². The molecule has 0 aromatic heterocycles. The molecule has 1 heterocycles. The predicted octanol–water partition coefficient (Wildman–Crippen LogP) is 1.28. The summed E-state index contributed by atoms with van der Waals surface area (Å²) in [4.78, 5) is 37.9. The minimum Gasteiger partial charge on any atom is -0.495 e. The molecule has 0 atom stereocenters. The SMILES string of the molecule is COc1ccc(C(=O)NN2C(=O)NC3(CCC(C)CC3)C2=O)cc1S(=O)(=O)NC1CC1. The van der Waals surface area contributed by atoms with Gasteiger partial charge in [-0.1, -0.05) is 6.92 Å². The van der Waals surface area contributed by atoms with Gasteiger partial charge < -0.3 is 10.1 Å². The van der Waals surface area contributed by atoms with Crippen LogP contribution >= 0.6 is 0 Å². The van der Waals surface area contributed by atoms with Crippen LogP contribution in [0.3, 0.4) is 0 Å². The second-order valence-electron chi connectivity index (χ2n) is 8.54. The topological polar surface area (TPSA) is 134 Å². The molecule has 31 heavy (non-hydrogen) atoms. The minimum atomic E-state index is -3.89. The molecule has 168 valence electrons. The monoisotopic (exact) mass is 450 g/mol. The van der Waals surface area contributed by atoms with Gasteiger partial charge in [-0.25, -0.2) is 17.9 Å². The maximum atomic E-state index is 12.9. The first-order valence-corrected chi connectivity index (χ1v) is 11.8. The van der Waals surface area contributed by atoms with Crippen molar-refractivity contribution in [3.05, 3.63) is 23.8 Å². The van der Waals surface area contributed by atoms with E-state index in [0.717, 1.165) is 25.7 Å². The van der Waals surface area contributed by atoms with Gasteiger partial charge in [0.15, 0.2) is 0 Å². The zero-order valence-corrected chi connectivity index (χ0v) is 18.3. The number of benzene rings is 1. The Hall–Kier alpha value is -2.66. The van der Waals surface area contributed by atoms with Crippen molar-refractivity contribution in [2.75, 3.05) is 7.11 Å². The van der Waals surface area contributed by atoms with Gasteiger partial charge in [-0.05, 0) is 62.6 Å². The second-order valence-corrected chi connectivity index (χ2v) is 10.2. The maximum absolute atomic E-state index is 12.9. The lowest BCUT2D eigenvalue weighted by molar-refractivity contribution is -0.134. The van der Waals surface area contributed by atoms with E-state index in [-0.39, 0.29) is 22.3 Å². The highest BCUT2D eigenvalue weighted by atomic mass is 32.2. The van der Waals surface area contributed by atoms with Crippen molar-refractivity contribution in [2.24, 2.45) is 5.92 Å². The number of rotatable bonds is 6. The van der Waals surface area contributed by atoms with Crippen LogP contribution < -0.4 is 20.2 Å². The zero-order chi connectivity index (χ0) is 22.4. The number of ether oxygens (including phenoxy) is 1. The molecule has 1 aromatic carbocycles. The van der Waals surface area contributed by atoms with Crippen molar-refractivity contribution in [1.82, 2.24) is 20.5 Å². The quantitative estimate of drug-likeness (QED) is 0.559. The Morgan fingerprint density at radius 3 is 2.48 bits per heavy atom. The van der Waals surface area contributed by atoms with Crippen molar-refractivity contribution in [1.29, 1.82) is 0 Å². The molecule has 4 rings (SSSR count). The van der Waals surface area contributed by atoms with Gasteiger partial charge >= 0.3 is 6.03 Å². The lowest BCUT2D eigenvalue weighted by Gasteiger charge is -2.33. The molecule has 4 amide bonds. The van der Waals surface area contributed by atoms with Crippen LogP contribution in [0.2, 0.25) is 0 Å². The lowest BCUT2D eigenvalue weighted by atomic mass is 9.77. The molecule has 1 aliphatic heterocycles. The van der Waals surface area contributed by atoms with Crippen LogP contribution in [0.15, 0.2) is 23.1 Å². The number of carbonyl (C=O) groups is 3. The summed E-state index contributed by atoms with van der Waals surface area (Å²) in [7, 11) is -2.55. The summed E-state index contributed by atoms with van der Waals surface area (Å²) in [5.74, 6) is -0.692. The van der Waals surface area contributed by atoms with Crippen molar-refractivity contribution in [3.8, 4) is 5.75 Å². The first-order valence-electron chi connectivity index (χ1n) is 10.3. The van der Waals surface area contributed by atoms with Crippen LogP contribution in [0.25, 0.3) is 0 Å². The molecule has 1 saturated heterocycles. The molecule has 2 saturated carbocycles. The first kappa shape index (κ1) is 21.6. The average Bonchev–Trinajstić information content (AvgIpc) is 3.52. The Kier molecular flexibility index (Phi) is 5.42. The molecule has 0 unspecified atom stereocenters. The van der Waals surface area contributed by atoms with E-state index in [1.54, 1.807) is 0 Å². The van der Waals surface area contributed by atoms with Crippen LogP contribution in [-0.4, -0.2) is 50.0 Å². The van der Waals surface area contributed by atoms with Crippen molar-refractivity contribution < 1.29 is 27.5 Å². The number of urea groups is 1. The predicted molar refractivity (Wildman–Crippen MR) is 110 cm³/mol. The number of carbonyl (C=O) groups excluding carboxylic acids is 3. The summed E-state index contributed by atoms with van der Waals surface area (Å²) < 4.78 is 33.0. The van der Waals surface area contributed by atoms with E-state index in [1.807, 2.05) is 0 Å². The van der Waals surface area contributed by atoms with E-state index in [9.17, 15) is 22.8 Å². The smallest absolute Gasteiger partial charge is 0.344 e. The molecule has 11 heteroatoms. The number of hydrogen-bond acceptors (Lipinski definition) is 6. The van der Waals surface area contributed by atoms with E-state index < -0.39 is 33.4 Å². The van der Waals surface area contributed by atoms with E-state index in [0.29, 0.717) is 23.8 Å². The van der Waals surface area contributed by atoms with E-state index >= 15 is 0 Å². The van der Waals surface area contributed by atoms with Crippen LogP contribution in [0.1, 0.15) is 55.8 Å². The lowest BCUT2D eigenvalue weighted by Crippen LogP contribution is -2.51. The largest absolute Gasteiger partial charge is 0.495 e. The maximum Gasteiger partial charge on any atom is 0.344 e. The molecule has 10 nitrogen and oxygen atoms in total. The molecule has 0 bridgehead atoms. The molecular formula is C20H26N4O6S. The van der Waals surface area contributed by atoms with Crippen LogP contribution in [0, 0.1) is 5.92 Å². The van der Waals surface area contributed by atoms with Crippen LogP contribution in [0.4, 0.5) is 4.79 Å². The fourth-order valence-corrected chi connectivity index (χ4v) is 5.49. The number of methoxy groups -OCH3 is 1. The Balaban J connectivity index is 1.54. The molecule has 3 N–H and O–H groups in total. The second kappa shape index (κ2) is 7.79. The highest BCUT2D eigenvalue weighted by Gasteiger charge is 2.53. The summed E-state index contributed by atoms with van der Waals surface area (Å²) in [6.45, 7) is 2.10. The van der Waals surface area contributed by atoms with Gasteiger partial charge in [-0.3, -0.25) is 15.0 Å². The number of hydrazine groups is 1. The highest BCUT2D eigenvalue weighted by Crippen LogP contribution is 2.36. The van der Waals surface area contributed by atoms with Gasteiger partial charge in [0, 0.05) is 11.6 Å². The van der Waals surface area contributed by atoms with Crippen molar-refractivity contribution in [3.63, 3.8) is 0 Å². The third-order valence-corrected chi connectivity index (χ3v) is 7.66. The Morgan fingerprint density at radius 1 is 1.19 bits per heavy atom. The summed E-state index contributed by atoms with van der Waals surface area (Å²) in [6, 6.07) is 3.11. The average molecular weight is 451 g/mol. The molecule has 3 fully saturated rings. The number of nitrogens with one attached hydrogen (secondary N) is 3. The summed E-state index contributed by atoms with van der Waals surface area (Å²) in [5.41, 5.74) is 1.32. The number of amides is 4. The molecule has 2 aliphatic carbocycles. The number of nitrogens with zero attached hydrogens (tertiary/aromatic N) is 1. The van der Waals surface area contributed by atoms with Gasteiger partial charge in [-0.2, -0.15) is 5.01 Å². The Labute approximate surface area is 180 Å². The zero-order valence-electron chi connectivity index (χ0n) is 17.4. The summed E-state index contributed by atoms with van der Waals surface area (Å²) in [6.07, 6.45) is 4.16. The molecule has 1 spiro atoms. The fraction of sp³-hybridized carbons (Fsp3) is 0.550. The van der Waals surface area contributed by atoms with E-state index in [4.69, 9.17) is 4.74 Å². The molecule has 1 aromatic rings. The van der Waals surface area contributed by atoms with E-state index in [1.165, 1.54) is 25.3 Å². The first-order chi connectivity index (χ1) is 14.6. The third-order valence-electron chi connectivity index (χ3n) is 6.12. The van der Waals surface area contributed by atoms with E-state index in [2.05, 4.69) is 22.4 Å². The van der Waals surface area contributed by atoms with Crippen LogP contribution in [0.5, 0.6) is 5.75 Å². The van der Waals surface area contributed by atoms with Gasteiger partial charge in [0.05, 0.1) is 7.11 Å². The van der Waals surface area contributed by atoms with Gasteiger partial charge in [0.1, 0.15) is 16.2 Å². The highest BCUT2D eigenvalue weighted by molar-refractivity contribution is 7.89. The molecule has 3 aliphatic rings. The minimum absolute atomic E-state index is 0.0178. The van der Waals surface area contributed by atoms with Crippen molar-refractivity contribution in [2.45, 2.75) is 61.9 Å².